The van der Waals surface area contributed by atoms with Crippen LogP contribution in [0.5, 0.6) is 0 Å². The van der Waals surface area contributed by atoms with Gasteiger partial charge in [-0.1, -0.05) is 18.2 Å². The third kappa shape index (κ3) is 5.55. The molecule has 0 aliphatic carbocycles. The number of anilines is 1. The number of aromatic nitrogens is 3. The number of pyridine rings is 1. The molecule has 0 bridgehead atoms. The quantitative estimate of drug-likeness (QED) is 0.536. The Kier molecular flexibility index (Phi) is 7.27. The molecular weight excluding hydrogens is 434 g/mol. The Bertz CT molecular complexity index is 1280. The second kappa shape index (κ2) is 9.97. The number of nitrogens with one attached hydrogen (secondary N) is 1. The molecule has 34 heavy (non-hydrogen) atoms. The zero-order chi connectivity index (χ0) is 25.0. The fourth-order valence-corrected chi connectivity index (χ4v) is 4.35. The number of nitriles is 1. The molecule has 1 aliphatic heterocycles. The second-order valence-corrected chi connectivity index (χ2v) is 9.36. The van der Waals surface area contributed by atoms with Crippen molar-refractivity contribution in [1.29, 1.82) is 5.26 Å². The highest BCUT2D eigenvalue weighted by molar-refractivity contribution is 5.87. The molecule has 1 aromatic carbocycles. The minimum Gasteiger partial charge on any atom is -0.465 e. The molecule has 2 aromatic heterocycles. The second-order valence-electron chi connectivity index (χ2n) is 9.36. The van der Waals surface area contributed by atoms with Crippen molar-refractivity contribution in [2.24, 2.45) is 12.8 Å². The number of nitrogens with two attached hydrogens (primary N) is 1. The summed E-state index contributed by atoms with van der Waals surface area (Å²) in [6.07, 6.45) is 1.49. The lowest BCUT2D eigenvalue weighted by atomic mass is 10.1. The summed E-state index contributed by atoms with van der Waals surface area (Å²) < 4.78 is 3.34. The summed E-state index contributed by atoms with van der Waals surface area (Å²) in [5.74, 6) is 0. The van der Waals surface area contributed by atoms with Gasteiger partial charge >= 0.3 is 11.8 Å². The Balaban J connectivity index is 0.000000751. The van der Waals surface area contributed by atoms with Crippen LogP contribution in [0.4, 0.5) is 10.5 Å². The maximum absolute atomic E-state index is 13.1. The monoisotopic (exact) mass is 465 g/mol. The number of nitrogens with zero attached hydrogens (tertiary/aromatic N) is 5. The first-order valence-electron chi connectivity index (χ1n) is 11.0. The predicted octanol–water partition coefficient (Wildman–Crippen LogP) is 2.24. The lowest BCUT2D eigenvalue weighted by Gasteiger charge is -2.26. The number of rotatable bonds is 4. The molecular formula is C24H31N7O3. The molecule has 3 heterocycles. The van der Waals surface area contributed by atoms with Crippen molar-refractivity contribution in [2.45, 2.75) is 45.3 Å². The van der Waals surface area contributed by atoms with Crippen LogP contribution in [0.3, 0.4) is 0 Å². The molecule has 4 rings (SSSR count). The molecule has 4 N–H and O–H groups in total. The number of imidazole rings is 1. The smallest absolute Gasteiger partial charge is 0.402 e. The molecule has 10 heteroatoms. The van der Waals surface area contributed by atoms with Gasteiger partial charge in [0, 0.05) is 37.9 Å². The first-order chi connectivity index (χ1) is 16.0. The largest absolute Gasteiger partial charge is 0.465 e. The van der Waals surface area contributed by atoms with Crippen LogP contribution in [0, 0.1) is 11.3 Å². The number of amides is 1. The van der Waals surface area contributed by atoms with E-state index >= 15 is 0 Å². The van der Waals surface area contributed by atoms with Crippen molar-refractivity contribution < 1.29 is 9.90 Å². The van der Waals surface area contributed by atoms with Crippen LogP contribution in [0.25, 0.3) is 11.2 Å². The molecule has 3 aromatic rings. The van der Waals surface area contributed by atoms with E-state index in [0.717, 1.165) is 36.3 Å². The van der Waals surface area contributed by atoms with E-state index in [1.54, 1.807) is 28.4 Å². The molecule has 0 saturated carbocycles. The van der Waals surface area contributed by atoms with Gasteiger partial charge in [-0.15, -0.1) is 0 Å². The summed E-state index contributed by atoms with van der Waals surface area (Å²) in [6.45, 7) is 8.69. The highest BCUT2D eigenvalue weighted by Gasteiger charge is 2.28. The van der Waals surface area contributed by atoms with E-state index < -0.39 is 6.09 Å². The normalized spacial score (nSPS) is 15.6. The van der Waals surface area contributed by atoms with E-state index in [1.807, 2.05) is 24.3 Å². The molecule has 1 aliphatic rings. The van der Waals surface area contributed by atoms with Crippen molar-refractivity contribution in [3.8, 4) is 6.07 Å². The zero-order valence-electron chi connectivity index (χ0n) is 19.9. The molecule has 1 saturated heterocycles. The van der Waals surface area contributed by atoms with Gasteiger partial charge in [0.15, 0.2) is 5.65 Å². The number of fused-ring (bicyclic) bond motifs is 1. The van der Waals surface area contributed by atoms with Gasteiger partial charge in [0.2, 0.25) is 0 Å². The van der Waals surface area contributed by atoms with Crippen LogP contribution < -0.4 is 21.6 Å². The number of carboxylic acid groups (broad SMARTS) is 1. The van der Waals surface area contributed by atoms with Crippen molar-refractivity contribution in [1.82, 2.24) is 19.4 Å². The summed E-state index contributed by atoms with van der Waals surface area (Å²) in [4.78, 5) is 28.7. The molecule has 0 unspecified atom stereocenters. The van der Waals surface area contributed by atoms with Crippen LogP contribution >= 0.6 is 0 Å². The van der Waals surface area contributed by atoms with Crippen molar-refractivity contribution in [2.75, 3.05) is 18.0 Å². The van der Waals surface area contributed by atoms with Crippen LogP contribution in [-0.2, 0) is 13.6 Å². The standard InChI is InChI=1S/C23H28N6O.CH3NO2/c1-23(2,3)26-18-10-12-28(15-18)19-9-11-25-21-20(19)29(22(30)27(21)4)14-17-8-6-5-7-16(17)13-24;2-1(3)4/h5-9,11,18,26H,10,12,14-15H2,1-4H3;2H2,(H,3,4)/t18-;/m1./s1. The average Bonchev–Trinajstić information content (AvgIpc) is 3.31. The van der Waals surface area contributed by atoms with Crippen molar-refractivity contribution >= 4 is 22.9 Å². The zero-order valence-corrected chi connectivity index (χ0v) is 19.9. The summed E-state index contributed by atoms with van der Waals surface area (Å²) in [7, 11) is 1.75. The van der Waals surface area contributed by atoms with Crippen LogP contribution in [0.1, 0.15) is 38.3 Å². The van der Waals surface area contributed by atoms with Crippen LogP contribution in [0.15, 0.2) is 41.3 Å². The lowest BCUT2D eigenvalue weighted by molar-refractivity contribution is 0.205. The van der Waals surface area contributed by atoms with E-state index in [0.29, 0.717) is 23.8 Å². The third-order valence-electron chi connectivity index (χ3n) is 5.62. The van der Waals surface area contributed by atoms with Gasteiger partial charge < -0.3 is 21.1 Å². The molecule has 180 valence electrons. The predicted molar refractivity (Wildman–Crippen MR) is 131 cm³/mol. The number of primary amides is 1. The van der Waals surface area contributed by atoms with Crippen LogP contribution in [0.2, 0.25) is 0 Å². The third-order valence-corrected chi connectivity index (χ3v) is 5.62. The fraction of sp³-hybridized carbons (Fsp3) is 0.417. The summed E-state index contributed by atoms with van der Waals surface area (Å²) >= 11 is 0. The van der Waals surface area contributed by atoms with Crippen molar-refractivity contribution in [3.05, 3.63) is 58.1 Å². The number of aryl methyl sites for hydroxylation is 1. The topological polar surface area (TPSA) is 142 Å². The Morgan fingerprint density at radius 1 is 1.32 bits per heavy atom. The first kappa shape index (κ1) is 24.8. The van der Waals surface area contributed by atoms with E-state index in [1.165, 1.54) is 0 Å². The summed E-state index contributed by atoms with van der Waals surface area (Å²) in [6, 6.07) is 12.1. The average molecular weight is 466 g/mol. The van der Waals surface area contributed by atoms with E-state index in [2.05, 4.69) is 47.8 Å². The molecule has 0 radical (unpaired) electrons. The maximum atomic E-state index is 13.1. The SMILES string of the molecule is Cn1c(=O)n(Cc2ccccc2C#N)c2c(N3CC[C@@H](NC(C)(C)C)C3)ccnc21.NC(=O)O. The van der Waals surface area contributed by atoms with Crippen molar-refractivity contribution in [3.63, 3.8) is 0 Å². The van der Waals surface area contributed by atoms with Gasteiger partial charge in [-0.3, -0.25) is 9.13 Å². The maximum Gasteiger partial charge on any atom is 0.402 e. The van der Waals surface area contributed by atoms with Gasteiger partial charge in [0.05, 0.1) is 23.9 Å². The first-order valence-corrected chi connectivity index (χ1v) is 11.0. The molecule has 1 amide bonds. The molecule has 1 fully saturated rings. The minimum absolute atomic E-state index is 0.0596. The summed E-state index contributed by atoms with van der Waals surface area (Å²) in [5.41, 5.74) is 7.89. The fourth-order valence-electron chi connectivity index (χ4n) is 4.35. The van der Waals surface area contributed by atoms with Gasteiger partial charge in [-0.2, -0.15) is 5.26 Å². The molecule has 10 nitrogen and oxygen atoms in total. The van der Waals surface area contributed by atoms with E-state index in [9.17, 15) is 10.1 Å². The number of hydrogen-bond acceptors (Lipinski definition) is 6. The Hall–Kier alpha value is -3.84. The highest BCUT2D eigenvalue weighted by Crippen LogP contribution is 2.29. The van der Waals surface area contributed by atoms with Gasteiger partial charge in [0.25, 0.3) is 0 Å². The minimum atomic E-state index is -1.33. The number of benzene rings is 1. The Morgan fingerprint density at radius 3 is 2.65 bits per heavy atom. The number of carbonyl (C=O) groups is 1. The Labute approximate surface area is 198 Å². The van der Waals surface area contributed by atoms with Gasteiger partial charge in [-0.05, 0) is 44.9 Å². The van der Waals surface area contributed by atoms with E-state index in [4.69, 9.17) is 9.90 Å². The Morgan fingerprint density at radius 2 is 2.00 bits per heavy atom. The lowest BCUT2D eigenvalue weighted by Crippen LogP contribution is -2.44. The number of hydrogen-bond donors (Lipinski definition) is 3. The molecule has 0 spiro atoms. The highest BCUT2D eigenvalue weighted by atomic mass is 16.4. The van der Waals surface area contributed by atoms with Crippen LogP contribution in [-0.4, -0.2) is 50.0 Å². The molecule has 1 atom stereocenters. The van der Waals surface area contributed by atoms with E-state index in [-0.39, 0.29) is 11.2 Å². The summed E-state index contributed by atoms with van der Waals surface area (Å²) in [5, 5.41) is 20.3. The van der Waals surface area contributed by atoms with Gasteiger partial charge in [0.1, 0.15) is 5.52 Å². The van der Waals surface area contributed by atoms with Gasteiger partial charge in [-0.25, -0.2) is 14.6 Å².